The SMILES string of the molecule is CCCn1c(OCc2ccccc2)nc2nc(C34CC5CC(CC(C5)C3)C4)[nH]c2c1=O. The van der Waals surface area contributed by atoms with Gasteiger partial charge in [0.15, 0.2) is 11.2 Å². The maximum absolute atomic E-state index is 13.4. The van der Waals surface area contributed by atoms with Crippen LogP contribution >= 0.6 is 0 Å². The average Bonchev–Trinajstić information content (AvgIpc) is 3.20. The second-order valence-corrected chi connectivity index (χ2v) is 10.1. The van der Waals surface area contributed by atoms with Crippen LogP contribution in [-0.4, -0.2) is 19.5 Å². The molecule has 0 saturated heterocycles. The van der Waals surface area contributed by atoms with Crippen molar-refractivity contribution in [3.8, 4) is 6.01 Å². The van der Waals surface area contributed by atoms with Gasteiger partial charge in [-0.15, -0.1) is 0 Å². The Morgan fingerprint density at radius 2 is 1.74 bits per heavy atom. The van der Waals surface area contributed by atoms with Gasteiger partial charge in [-0.3, -0.25) is 9.36 Å². The maximum Gasteiger partial charge on any atom is 0.301 e. The highest BCUT2D eigenvalue weighted by Gasteiger charge is 2.53. The van der Waals surface area contributed by atoms with E-state index in [-0.39, 0.29) is 11.0 Å². The van der Waals surface area contributed by atoms with Crippen molar-refractivity contribution in [2.24, 2.45) is 17.8 Å². The van der Waals surface area contributed by atoms with E-state index in [1.165, 1.54) is 38.5 Å². The molecule has 0 amide bonds. The van der Waals surface area contributed by atoms with E-state index >= 15 is 0 Å². The first-order valence-corrected chi connectivity index (χ1v) is 11.8. The highest BCUT2D eigenvalue weighted by molar-refractivity contribution is 5.70. The summed E-state index contributed by atoms with van der Waals surface area (Å²) >= 11 is 0. The predicted octanol–water partition coefficient (Wildman–Crippen LogP) is 4.58. The first kappa shape index (κ1) is 19.1. The van der Waals surface area contributed by atoms with Crippen molar-refractivity contribution in [3.63, 3.8) is 0 Å². The Labute approximate surface area is 182 Å². The van der Waals surface area contributed by atoms with Crippen LogP contribution in [0.4, 0.5) is 0 Å². The zero-order valence-electron chi connectivity index (χ0n) is 18.1. The Kier molecular flexibility index (Phi) is 4.44. The topological polar surface area (TPSA) is 72.8 Å². The number of rotatable bonds is 6. The molecule has 4 aliphatic rings. The molecule has 0 spiro atoms. The number of aromatic nitrogens is 4. The van der Waals surface area contributed by atoms with Crippen molar-refractivity contribution in [3.05, 3.63) is 52.1 Å². The fourth-order valence-electron chi connectivity index (χ4n) is 6.87. The minimum absolute atomic E-state index is 0.0709. The first-order valence-electron chi connectivity index (χ1n) is 11.8. The summed E-state index contributed by atoms with van der Waals surface area (Å²) in [4.78, 5) is 26.5. The molecule has 4 saturated carbocycles. The van der Waals surface area contributed by atoms with Gasteiger partial charge in [0, 0.05) is 12.0 Å². The van der Waals surface area contributed by atoms with Crippen LogP contribution in [0.3, 0.4) is 0 Å². The molecule has 0 atom stereocenters. The van der Waals surface area contributed by atoms with Crippen LogP contribution in [-0.2, 0) is 18.6 Å². The lowest BCUT2D eigenvalue weighted by molar-refractivity contribution is -0.00888. The third-order valence-electron chi connectivity index (χ3n) is 7.77. The van der Waals surface area contributed by atoms with Crippen molar-refractivity contribution in [1.82, 2.24) is 19.5 Å². The molecule has 4 bridgehead atoms. The lowest BCUT2D eigenvalue weighted by atomic mass is 9.49. The highest BCUT2D eigenvalue weighted by atomic mass is 16.5. The zero-order valence-corrected chi connectivity index (χ0v) is 18.1. The summed E-state index contributed by atoms with van der Waals surface area (Å²) in [5, 5.41) is 0. The Hall–Kier alpha value is -2.63. The van der Waals surface area contributed by atoms with Crippen LogP contribution in [0, 0.1) is 17.8 Å². The van der Waals surface area contributed by atoms with E-state index in [1.54, 1.807) is 4.57 Å². The number of nitrogens with one attached hydrogen (secondary N) is 1. The number of benzene rings is 1. The summed E-state index contributed by atoms with van der Waals surface area (Å²) in [5.74, 6) is 3.48. The van der Waals surface area contributed by atoms with Gasteiger partial charge in [0.2, 0.25) is 0 Å². The lowest BCUT2D eigenvalue weighted by Crippen LogP contribution is -2.49. The number of fused-ring (bicyclic) bond motifs is 1. The van der Waals surface area contributed by atoms with Crippen molar-refractivity contribution in [2.45, 2.75) is 70.4 Å². The summed E-state index contributed by atoms with van der Waals surface area (Å²) in [7, 11) is 0. The van der Waals surface area contributed by atoms with Gasteiger partial charge in [-0.1, -0.05) is 37.3 Å². The molecule has 162 valence electrons. The number of imidazole rings is 1. The van der Waals surface area contributed by atoms with E-state index in [2.05, 4.69) is 11.9 Å². The third kappa shape index (κ3) is 3.19. The van der Waals surface area contributed by atoms with Crippen LogP contribution in [0.15, 0.2) is 35.1 Å². The molecule has 6 nitrogen and oxygen atoms in total. The molecular weight excluding hydrogens is 388 g/mol. The number of hydrogen-bond donors (Lipinski definition) is 1. The van der Waals surface area contributed by atoms with Crippen LogP contribution in [0.2, 0.25) is 0 Å². The van der Waals surface area contributed by atoms with Gasteiger partial charge in [-0.05, 0) is 68.3 Å². The van der Waals surface area contributed by atoms with E-state index in [1.807, 2.05) is 30.3 Å². The number of aromatic amines is 1. The Balaban J connectivity index is 1.39. The second-order valence-electron chi connectivity index (χ2n) is 10.1. The molecule has 0 radical (unpaired) electrons. The number of nitrogens with zero attached hydrogens (tertiary/aromatic N) is 3. The van der Waals surface area contributed by atoms with Gasteiger partial charge in [-0.25, -0.2) is 4.98 Å². The Morgan fingerprint density at radius 3 is 2.39 bits per heavy atom. The monoisotopic (exact) mass is 418 g/mol. The van der Waals surface area contributed by atoms with E-state index in [0.29, 0.717) is 30.3 Å². The van der Waals surface area contributed by atoms with Gasteiger partial charge >= 0.3 is 6.01 Å². The average molecular weight is 419 g/mol. The quantitative estimate of drug-likeness (QED) is 0.636. The number of H-pyrrole nitrogens is 1. The van der Waals surface area contributed by atoms with Crippen molar-refractivity contribution >= 4 is 11.2 Å². The fourth-order valence-corrected chi connectivity index (χ4v) is 6.87. The van der Waals surface area contributed by atoms with Gasteiger partial charge in [0.25, 0.3) is 5.56 Å². The van der Waals surface area contributed by atoms with E-state index in [9.17, 15) is 4.79 Å². The molecule has 6 heteroatoms. The first-order chi connectivity index (χ1) is 15.1. The molecule has 3 aromatic rings. The molecule has 7 rings (SSSR count). The lowest BCUT2D eigenvalue weighted by Gasteiger charge is -2.55. The zero-order chi connectivity index (χ0) is 21.0. The summed E-state index contributed by atoms with van der Waals surface area (Å²) in [6.45, 7) is 3.03. The standard InChI is InChI=1S/C25H30N4O2/c1-2-8-29-22(30)20-21(28-24(29)31-15-16-6-4-3-5-7-16)27-23(26-20)25-12-17-9-18(13-25)11-19(10-17)14-25/h3-7,17-19H,2,8-15H2,1H3,(H,26,27). The second kappa shape index (κ2) is 7.21. The summed E-state index contributed by atoms with van der Waals surface area (Å²) in [6.07, 6.45) is 8.62. The molecule has 4 aliphatic carbocycles. The molecule has 0 unspecified atom stereocenters. The van der Waals surface area contributed by atoms with E-state index in [4.69, 9.17) is 14.7 Å². The molecule has 2 aromatic heterocycles. The molecule has 31 heavy (non-hydrogen) atoms. The van der Waals surface area contributed by atoms with E-state index in [0.717, 1.165) is 35.6 Å². The molecule has 0 aliphatic heterocycles. The molecule has 4 fully saturated rings. The predicted molar refractivity (Wildman–Crippen MR) is 119 cm³/mol. The largest absolute Gasteiger partial charge is 0.460 e. The van der Waals surface area contributed by atoms with Crippen molar-refractivity contribution < 1.29 is 4.74 Å². The van der Waals surface area contributed by atoms with Crippen LogP contribution < -0.4 is 10.3 Å². The highest BCUT2D eigenvalue weighted by Crippen LogP contribution is 2.60. The Morgan fingerprint density at radius 1 is 1.06 bits per heavy atom. The minimum Gasteiger partial charge on any atom is -0.460 e. The third-order valence-corrected chi connectivity index (χ3v) is 7.77. The van der Waals surface area contributed by atoms with Crippen molar-refractivity contribution in [1.29, 1.82) is 0 Å². The van der Waals surface area contributed by atoms with Gasteiger partial charge in [0.1, 0.15) is 12.4 Å². The van der Waals surface area contributed by atoms with Gasteiger partial charge in [0.05, 0.1) is 0 Å². The number of hydrogen-bond acceptors (Lipinski definition) is 4. The smallest absolute Gasteiger partial charge is 0.301 e. The van der Waals surface area contributed by atoms with Gasteiger partial charge in [-0.2, -0.15) is 4.98 Å². The normalized spacial score (nSPS) is 29.0. The van der Waals surface area contributed by atoms with Gasteiger partial charge < -0.3 is 9.72 Å². The molecular formula is C25H30N4O2. The summed E-state index contributed by atoms with van der Waals surface area (Å²) in [5.41, 5.74) is 2.13. The maximum atomic E-state index is 13.4. The van der Waals surface area contributed by atoms with Crippen LogP contribution in [0.25, 0.3) is 11.2 Å². The molecule has 2 heterocycles. The summed E-state index contributed by atoms with van der Waals surface area (Å²) < 4.78 is 7.68. The minimum atomic E-state index is -0.0709. The van der Waals surface area contributed by atoms with Crippen LogP contribution in [0.5, 0.6) is 6.01 Å². The molecule has 1 aromatic carbocycles. The Bertz CT molecular complexity index is 1130. The molecule has 1 N–H and O–H groups in total. The fraction of sp³-hybridized carbons (Fsp3) is 0.560. The van der Waals surface area contributed by atoms with Crippen molar-refractivity contribution in [2.75, 3.05) is 0 Å². The van der Waals surface area contributed by atoms with E-state index < -0.39 is 0 Å². The van der Waals surface area contributed by atoms with Crippen LogP contribution in [0.1, 0.15) is 63.3 Å². The summed E-state index contributed by atoms with van der Waals surface area (Å²) in [6, 6.07) is 10.4. The number of ether oxygens (including phenoxy) is 1.